The molecule has 1 N–H and O–H groups in total. The van der Waals surface area contributed by atoms with Crippen molar-refractivity contribution in [3.63, 3.8) is 0 Å². The Morgan fingerprint density at radius 2 is 1.89 bits per heavy atom. The lowest BCUT2D eigenvalue weighted by Crippen LogP contribution is -2.41. The van der Waals surface area contributed by atoms with E-state index in [0.29, 0.717) is 19.4 Å². The third-order valence-corrected chi connectivity index (χ3v) is 4.18. The molecule has 2 amide bonds. The van der Waals surface area contributed by atoms with Crippen LogP contribution < -0.4 is 5.32 Å². The van der Waals surface area contributed by atoms with Gasteiger partial charge in [-0.05, 0) is 31.0 Å². The monoisotopic (exact) mass is 408 g/mol. The number of likely N-dealkylation sites (tertiary alicyclic amines) is 1. The molecular formula is C16H14F6N4O2. The second kappa shape index (κ2) is 7.32. The quantitative estimate of drug-likeness (QED) is 0.742. The van der Waals surface area contributed by atoms with E-state index in [0.717, 1.165) is 18.2 Å². The number of hydrogen-bond acceptors (Lipinski definition) is 4. The van der Waals surface area contributed by atoms with Crippen LogP contribution in [0.15, 0.2) is 28.7 Å². The second-order valence-corrected chi connectivity index (χ2v) is 6.24. The molecule has 0 bridgehead atoms. The molecule has 1 aromatic carbocycles. The number of benzene rings is 1. The average Bonchev–Trinajstić information content (AvgIpc) is 3.12. The molecule has 0 radical (unpaired) electrons. The number of nitrogens with zero attached hydrogens (tertiary/aromatic N) is 3. The van der Waals surface area contributed by atoms with E-state index < -0.39 is 35.8 Å². The Morgan fingerprint density at radius 3 is 2.54 bits per heavy atom. The van der Waals surface area contributed by atoms with Gasteiger partial charge in [-0.2, -0.15) is 26.3 Å². The van der Waals surface area contributed by atoms with E-state index in [4.69, 9.17) is 0 Å². The summed E-state index contributed by atoms with van der Waals surface area (Å²) in [5.41, 5.74) is -0.952. The van der Waals surface area contributed by atoms with Crippen molar-refractivity contribution in [2.45, 2.75) is 31.1 Å². The van der Waals surface area contributed by atoms with Crippen molar-refractivity contribution in [1.82, 2.24) is 15.1 Å². The van der Waals surface area contributed by atoms with Crippen molar-refractivity contribution < 1.29 is 35.6 Å². The molecule has 1 saturated heterocycles. The van der Waals surface area contributed by atoms with E-state index >= 15 is 0 Å². The number of anilines is 1. The van der Waals surface area contributed by atoms with Crippen LogP contribution in [-0.2, 0) is 12.4 Å². The number of urea groups is 1. The predicted molar refractivity (Wildman–Crippen MR) is 83.3 cm³/mol. The molecule has 0 unspecified atom stereocenters. The van der Waals surface area contributed by atoms with Gasteiger partial charge in [0.05, 0.1) is 11.5 Å². The maximum Gasteiger partial charge on any atom is 0.470 e. The first-order chi connectivity index (χ1) is 13.0. The fourth-order valence-corrected chi connectivity index (χ4v) is 2.85. The Bertz CT molecular complexity index is 848. The highest BCUT2D eigenvalue weighted by molar-refractivity contribution is 5.89. The summed E-state index contributed by atoms with van der Waals surface area (Å²) in [6, 6.07) is 3.48. The number of alkyl halides is 6. The van der Waals surface area contributed by atoms with Gasteiger partial charge in [-0.3, -0.25) is 0 Å². The van der Waals surface area contributed by atoms with Crippen LogP contribution in [0.25, 0.3) is 0 Å². The summed E-state index contributed by atoms with van der Waals surface area (Å²) >= 11 is 0. The molecule has 2 aromatic rings. The number of rotatable bonds is 2. The van der Waals surface area contributed by atoms with Gasteiger partial charge in [0.15, 0.2) is 0 Å². The van der Waals surface area contributed by atoms with Gasteiger partial charge in [0.2, 0.25) is 5.89 Å². The molecule has 2 heterocycles. The highest BCUT2D eigenvalue weighted by Crippen LogP contribution is 2.33. The maximum atomic E-state index is 12.8. The molecule has 0 aliphatic carbocycles. The Hall–Kier alpha value is -2.79. The standard InChI is InChI=1S/C16H14F6N4O2/c17-15(18,19)10-4-1-5-11(7-10)23-14(27)26-6-2-3-9(8-26)12-24-25-13(28-12)16(20,21)22/h1,4-5,7,9H,2-3,6,8H2,(H,23,27)/t9-/m1/s1. The lowest BCUT2D eigenvalue weighted by molar-refractivity contribution is -0.157. The van der Waals surface area contributed by atoms with Gasteiger partial charge in [0.1, 0.15) is 0 Å². The van der Waals surface area contributed by atoms with E-state index in [9.17, 15) is 31.1 Å². The third kappa shape index (κ3) is 4.54. The number of nitrogens with one attached hydrogen (secondary N) is 1. The first-order valence-corrected chi connectivity index (χ1v) is 8.18. The zero-order valence-electron chi connectivity index (χ0n) is 14.1. The van der Waals surface area contributed by atoms with Crippen LogP contribution in [0.1, 0.15) is 36.1 Å². The Labute approximate surface area is 154 Å². The lowest BCUT2D eigenvalue weighted by atomic mass is 9.98. The van der Waals surface area contributed by atoms with E-state index in [2.05, 4.69) is 19.9 Å². The minimum atomic E-state index is -4.76. The normalized spacial score (nSPS) is 18.2. The fraction of sp³-hybridized carbons (Fsp3) is 0.438. The molecule has 28 heavy (non-hydrogen) atoms. The van der Waals surface area contributed by atoms with Crippen LogP contribution >= 0.6 is 0 Å². The van der Waals surface area contributed by atoms with E-state index in [1.165, 1.54) is 11.0 Å². The van der Waals surface area contributed by atoms with Crippen molar-refractivity contribution >= 4 is 11.7 Å². The van der Waals surface area contributed by atoms with E-state index in [1.54, 1.807) is 0 Å². The molecule has 0 saturated carbocycles. The van der Waals surface area contributed by atoms with Crippen molar-refractivity contribution in [2.75, 3.05) is 18.4 Å². The zero-order chi connectivity index (χ0) is 20.5. The molecule has 1 aromatic heterocycles. The number of halogens is 6. The van der Waals surface area contributed by atoms with Gasteiger partial charge in [-0.15, -0.1) is 10.2 Å². The molecule has 152 valence electrons. The first kappa shape index (κ1) is 20.0. The molecule has 1 aliphatic heterocycles. The van der Waals surface area contributed by atoms with Crippen molar-refractivity contribution in [3.8, 4) is 0 Å². The Balaban J connectivity index is 1.67. The van der Waals surface area contributed by atoms with Crippen molar-refractivity contribution in [1.29, 1.82) is 0 Å². The summed E-state index contributed by atoms with van der Waals surface area (Å²) < 4.78 is 80.7. The SMILES string of the molecule is O=C(Nc1cccc(C(F)(F)F)c1)N1CCC[C@@H](c2nnc(C(F)(F)F)o2)C1. The Morgan fingerprint density at radius 1 is 1.14 bits per heavy atom. The summed E-state index contributed by atoms with van der Waals surface area (Å²) in [6.45, 7) is 0.297. The lowest BCUT2D eigenvalue weighted by Gasteiger charge is -2.31. The number of aromatic nitrogens is 2. The molecule has 12 heteroatoms. The highest BCUT2D eigenvalue weighted by atomic mass is 19.4. The van der Waals surface area contributed by atoms with Crippen molar-refractivity contribution in [2.24, 2.45) is 0 Å². The third-order valence-electron chi connectivity index (χ3n) is 4.18. The van der Waals surface area contributed by atoms with Crippen LogP contribution in [0, 0.1) is 0 Å². The molecule has 6 nitrogen and oxygen atoms in total. The van der Waals surface area contributed by atoms with Crippen LogP contribution in [0.5, 0.6) is 0 Å². The van der Waals surface area contributed by atoms with Gasteiger partial charge in [-0.1, -0.05) is 6.07 Å². The van der Waals surface area contributed by atoms with Crippen molar-refractivity contribution in [3.05, 3.63) is 41.6 Å². The maximum absolute atomic E-state index is 12.8. The van der Waals surface area contributed by atoms with Gasteiger partial charge in [0.25, 0.3) is 0 Å². The fourth-order valence-electron chi connectivity index (χ4n) is 2.85. The smallest absolute Gasteiger partial charge is 0.417 e. The van der Waals surface area contributed by atoms with Crippen LogP contribution in [0.2, 0.25) is 0 Å². The van der Waals surface area contributed by atoms with Crippen LogP contribution in [-0.4, -0.2) is 34.2 Å². The summed E-state index contributed by atoms with van der Waals surface area (Å²) in [7, 11) is 0. The average molecular weight is 408 g/mol. The van der Waals surface area contributed by atoms with Crippen LogP contribution in [0.3, 0.4) is 0 Å². The topological polar surface area (TPSA) is 71.3 Å². The highest BCUT2D eigenvalue weighted by Gasteiger charge is 2.39. The van der Waals surface area contributed by atoms with Crippen LogP contribution in [0.4, 0.5) is 36.8 Å². The summed E-state index contributed by atoms with van der Waals surface area (Å²) in [5, 5.41) is 8.73. The second-order valence-electron chi connectivity index (χ2n) is 6.24. The van der Waals surface area contributed by atoms with Gasteiger partial charge in [0, 0.05) is 18.8 Å². The minimum absolute atomic E-state index is 0.00425. The zero-order valence-corrected chi connectivity index (χ0v) is 14.1. The number of carbonyl (C=O) groups excluding carboxylic acids is 1. The molecule has 1 atom stereocenters. The molecule has 3 rings (SSSR count). The summed E-state index contributed by atoms with van der Waals surface area (Å²) in [5.74, 6) is -2.29. The first-order valence-electron chi connectivity index (χ1n) is 8.18. The summed E-state index contributed by atoms with van der Waals surface area (Å²) in [6.07, 6.45) is -8.41. The van der Waals surface area contributed by atoms with Gasteiger partial charge in [-0.25, -0.2) is 4.79 Å². The van der Waals surface area contributed by atoms with E-state index in [-0.39, 0.29) is 18.1 Å². The number of piperidine rings is 1. The molecular weight excluding hydrogens is 394 g/mol. The van der Waals surface area contributed by atoms with E-state index in [1.807, 2.05) is 0 Å². The molecule has 1 fully saturated rings. The summed E-state index contributed by atoms with van der Waals surface area (Å²) in [4.78, 5) is 13.6. The molecule has 1 aliphatic rings. The molecule has 0 spiro atoms. The number of amides is 2. The largest absolute Gasteiger partial charge is 0.470 e. The number of hydrogen-bond donors (Lipinski definition) is 1. The van der Waals surface area contributed by atoms with Gasteiger partial charge < -0.3 is 14.6 Å². The number of carbonyl (C=O) groups is 1. The van der Waals surface area contributed by atoms with Gasteiger partial charge >= 0.3 is 24.3 Å². The Kier molecular flexibility index (Phi) is 5.22. The predicted octanol–water partition coefficient (Wildman–Crippen LogP) is 4.52. The minimum Gasteiger partial charge on any atom is -0.417 e.